The van der Waals surface area contributed by atoms with Crippen LogP contribution >= 0.6 is 15.9 Å². The summed E-state index contributed by atoms with van der Waals surface area (Å²) in [4.78, 5) is 12.4. The van der Waals surface area contributed by atoms with E-state index in [-0.39, 0.29) is 5.91 Å². The molecule has 1 amide bonds. The first-order chi connectivity index (χ1) is 10.1. The molecule has 2 N–H and O–H groups in total. The molecule has 21 heavy (non-hydrogen) atoms. The van der Waals surface area contributed by atoms with Crippen LogP contribution in [0.3, 0.4) is 0 Å². The van der Waals surface area contributed by atoms with Crippen molar-refractivity contribution >= 4 is 27.5 Å². The Labute approximate surface area is 132 Å². The lowest BCUT2D eigenvalue weighted by atomic mass is 9.99. The summed E-state index contributed by atoms with van der Waals surface area (Å²) in [6.45, 7) is 3.81. The average Bonchev–Trinajstić information content (AvgIpc) is 2.50. The van der Waals surface area contributed by atoms with Crippen LogP contribution in [-0.4, -0.2) is 12.5 Å². The van der Waals surface area contributed by atoms with Gasteiger partial charge in [0.1, 0.15) is 0 Å². The number of fused-ring (bicyclic) bond motifs is 1. The summed E-state index contributed by atoms with van der Waals surface area (Å²) in [5.74, 6) is -0.0744. The second-order valence-electron chi connectivity index (χ2n) is 5.29. The molecule has 0 bridgehead atoms. The predicted octanol–water partition coefficient (Wildman–Crippen LogP) is 3.66. The van der Waals surface area contributed by atoms with E-state index < -0.39 is 0 Å². The first-order valence-electron chi connectivity index (χ1n) is 7.04. The van der Waals surface area contributed by atoms with Crippen molar-refractivity contribution < 1.29 is 4.79 Å². The van der Waals surface area contributed by atoms with E-state index in [4.69, 9.17) is 0 Å². The van der Waals surface area contributed by atoms with Gasteiger partial charge in [0, 0.05) is 22.3 Å². The lowest BCUT2D eigenvalue weighted by Gasteiger charge is -2.20. The van der Waals surface area contributed by atoms with Gasteiger partial charge in [0.2, 0.25) is 0 Å². The molecule has 1 aliphatic rings. The maximum Gasteiger partial charge on any atom is 0.255 e. The largest absolute Gasteiger partial charge is 0.322 e. The fraction of sp³-hybridized carbons (Fsp3) is 0.235. The minimum absolute atomic E-state index is 0.0744. The van der Waals surface area contributed by atoms with Gasteiger partial charge in [-0.25, -0.2) is 0 Å². The molecule has 0 atom stereocenters. The zero-order chi connectivity index (χ0) is 14.8. The number of hydrogen-bond acceptors (Lipinski definition) is 2. The van der Waals surface area contributed by atoms with Gasteiger partial charge in [-0.3, -0.25) is 4.79 Å². The fourth-order valence-corrected chi connectivity index (χ4v) is 2.94. The van der Waals surface area contributed by atoms with Crippen molar-refractivity contribution in [3.63, 3.8) is 0 Å². The minimum Gasteiger partial charge on any atom is -0.322 e. The Morgan fingerprint density at radius 1 is 1.29 bits per heavy atom. The van der Waals surface area contributed by atoms with Crippen LogP contribution in [0.1, 0.15) is 27.0 Å². The van der Waals surface area contributed by atoms with Crippen LogP contribution in [0.15, 0.2) is 40.9 Å². The summed E-state index contributed by atoms with van der Waals surface area (Å²) in [7, 11) is 0. The number of nitrogens with one attached hydrogen (secondary N) is 2. The van der Waals surface area contributed by atoms with E-state index in [9.17, 15) is 4.79 Å². The summed E-state index contributed by atoms with van der Waals surface area (Å²) in [5.41, 5.74) is 5.20. The number of amides is 1. The molecule has 3 rings (SSSR count). The summed E-state index contributed by atoms with van der Waals surface area (Å²) in [6.07, 6.45) is 1.01. The third-order valence-corrected chi connectivity index (χ3v) is 4.68. The summed E-state index contributed by atoms with van der Waals surface area (Å²) in [6, 6.07) is 11.8. The molecular formula is C17H17BrN2O. The lowest BCUT2D eigenvalue weighted by molar-refractivity contribution is 0.102. The third-order valence-electron chi connectivity index (χ3n) is 3.83. The molecule has 4 heteroatoms. The number of carbonyl (C=O) groups excluding carboxylic acids is 1. The molecule has 0 spiro atoms. The van der Waals surface area contributed by atoms with Gasteiger partial charge in [-0.05, 0) is 54.8 Å². The van der Waals surface area contributed by atoms with E-state index >= 15 is 0 Å². The zero-order valence-electron chi connectivity index (χ0n) is 11.9. The number of rotatable bonds is 2. The summed E-state index contributed by atoms with van der Waals surface area (Å²) >= 11 is 3.47. The predicted molar refractivity (Wildman–Crippen MR) is 88.7 cm³/mol. The molecular weight excluding hydrogens is 328 g/mol. The molecule has 0 aromatic heterocycles. The van der Waals surface area contributed by atoms with Crippen LogP contribution in [0.25, 0.3) is 0 Å². The average molecular weight is 345 g/mol. The van der Waals surface area contributed by atoms with Crippen molar-refractivity contribution in [3.05, 3.63) is 63.1 Å². The van der Waals surface area contributed by atoms with E-state index in [2.05, 4.69) is 32.6 Å². The van der Waals surface area contributed by atoms with Crippen molar-refractivity contribution in [2.24, 2.45) is 0 Å². The standard InChI is InChI=1S/C17H17BrN2O/c1-11-5-6-13(9-15(11)18)17(21)20-16-4-2-3-12-7-8-19-10-14(12)16/h2-6,9,19H,7-8,10H2,1H3,(H,20,21). The highest BCUT2D eigenvalue weighted by molar-refractivity contribution is 9.10. The van der Waals surface area contributed by atoms with Crippen LogP contribution in [0.2, 0.25) is 0 Å². The maximum atomic E-state index is 12.4. The van der Waals surface area contributed by atoms with Gasteiger partial charge in [-0.15, -0.1) is 0 Å². The van der Waals surface area contributed by atoms with E-state index in [1.54, 1.807) is 0 Å². The highest BCUT2D eigenvalue weighted by atomic mass is 79.9. The molecule has 3 nitrogen and oxygen atoms in total. The van der Waals surface area contributed by atoms with Crippen molar-refractivity contribution in [2.45, 2.75) is 19.9 Å². The smallest absolute Gasteiger partial charge is 0.255 e. The van der Waals surface area contributed by atoms with Crippen molar-refractivity contribution in [1.82, 2.24) is 5.32 Å². The fourth-order valence-electron chi connectivity index (χ4n) is 2.56. The van der Waals surface area contributed by atoms with Crippen LogP contribution in [0.4, 0.5) is 5.69 Å². The minimum atomic E-state index is -0.0744. The number of carbonyl (C=O) groups is 1. The zero-order valence-corrected chi connectivity index (χ0v) is 13.5. The molecule has 2 aromatic rings. The Balaban J connectivity index is 1.86. The van der Waals surface area contributed by atoms with Crippen molar-refractivity contribution in [1.29, 1.82) is 0 Å². The molecule has 0 unspecified atom stereocenters. The molecule has 0 fully saturated rings. The molecule has 108 valence electrons. The Kier molecular flexibility index (Phi) is 4.08. The van der Waals surface area contributed by atoms with Gasteiger partial charge >= 0.3 is 0 Å². The van der Waals surface area contributed by atoms with Crippen LogP contribution < -0.4 is 10.6 Å². The lowest BCUT2D eigenvalue weighted by Crippen LogP contribution is -2.25. The number of benzene rings is 2. The Bertz CT molecular complexity index is 697. The first-order valence-corrected chi connectivity index (χ1v) is 7.83. The third kappa shape index (κ3) is 3.01. The molecule has 1 heterocycles. The van der Waals surface area contributed by atoms with Gasteiger partial charge in [-0.1, -0.05) is 34.1 Å². The Hall–Kier alpha value is -1.65. The van der Waals surface area contributed by atoms with E-state index in [0.717, 1.165) is 35.2 Å². The Morgan fingerprint density at radius 2 is 2.14 bits per heavy atom. The monoisotopic (exact) mass is 344 g/mol. The molecule has 0 radical (unpaired) electrons. The van der Waals surface area contributed by atoms with Crippen molar-refractivity contribution in [3.8, 4) is 0 Å². The van der Waals surface area contributed by atoms with E-state index in [1.807, 2.05) is 37.3 Å². The van der Waals surface area contributed by atoms with E-state index in [1.165, 1.54) is 11.1 Å². The molecule has 0 aliphatic carbocycles. The molecule has 1 aliphatic heterocycles. The quantitative estimate of drug-likeness (QED) is 0.872. The van der Waals surface area contributed by atoms with Gasteiger partial charge < -0.3 is 10.6 Å². The topological polar surface area (TPSA) is 41.1 Å². The number of hydrogen-bond donors (Lipinski definition) is 2. The van der Waals surface area contributed by atoms with Gasteiger partial charge in [0.15, 0.2) is 0 Å². The highest BCUT2D eigenvalue weighted by Gasteiger charge is 2.15. The van der Waals surface area contributed by atoms with Gasteiger partial charge in [0.25, 0.3) is 5.91 Å². The van der Waals surface area contributed by atoms with Gasteiger partial charge in [0.05, 0.1) is 0 Å². The number of anilines is 1. The number of aryl methyl sites for hydroxylation is 1. The normalized spacial score (nSPS) is 13.6. The first kappa shape index (κ1) is 14.3. The van der Waals surface area contributed by atoms with Crippen molar-refractivity contribution in [2.75, 3.05) is 11.9 Å². The second-order valence-corrected chi connectivity index (χ2v) is 6.14. The summed E-state index contributed by atoms with van der Waals surface area (Å²) < 4.78 is 0.951. The van der Waals surface area contributed by atoms with Crippen LogP contribution in [-0.2, 0) is 13.0 Å². The molecule has 0 saturated carbocycles. The molecule has 2 aromatic carbocycles. The SMILES string of the molecule is Cc1ccc(C(=O)Nc2cccc3c2CNCC3)cc1Br. The number of halogens is 1. The Morgan fingerprint density at radius 3 is 2.95 bits per heavy atom. The molecule has 0 saturated heterocycles. The van der Waals surface area contributed by atoms with Crippen LogP contribution in [0, 0.1) is 6.92 Å². The van der Waals surface area contributed by atoms with Crippen LogP contribution in [0.5, 0.6) is 0 Å². The summed E-state index contributed by atoms with van der Waals surface area (Å²) in [5, 5.41) is 6.39. The maximum absolute atomic E-state index is 12.4. The second kappa shape index (κ2) is 6.00. The van der Waals surface area contributed by atoms with E-state index in [0.29, 0.717) is 5.56 Å². The van der Waals surface area contributed by atoms with Gasteiger partial charge in [-0.2, -0.15) is 0 Å². The highest BCUT2D eigenvalue weighted by Crippen LogP contribution is 2.24.